The van der Waals surface area contributed by atoms with Crippen LogP contribution in [-0.2, 0) is 9.47 Å². The lowest BCUT2D eigenvalue weighted by atomic mass is 10.1. The zero-order chi connectivity index (χ0) is 14.7. The number of aromatic nitrogens is 1. The number of nitrogens with one attached hydrogen (secondary N) is 1. The Morgan fingerprint density at radius 3 is 2.86 bits per heavy atom. The van der Waals surface area contributed by atoms with E-state index >= 15 is 0 Å². The average Bonchev–Trinajstić information content (AvgIpc) is 2.96. The minimum atomic E-state index is -0.518. The van der Waals surface area contributed by atoms with E-state index in [1.165, 1.54) is 12.3 Å². The second-order valence-electron chi connectivity index (χ2n) is 5.22. The molecule has 0 spiro atoms. The third-order valence-electron chi connectivity index (χ3n) is 3.85. The van der Waals surface area contributed by atoms with Crippen LogP contribution in [0.1, 0.15) is 10.4 Å². The van der Waals surface area contributed by atoms with Crippen molar-refractivity contribution in [2.24, 2.45) is 0 Å². The van der Waals surface area contributed by atoms with Crippen LogP contribution in [0.5, 0.6) is 0 Å². The predicted molar refractivity (Wildman–Crippen MR) is 72.4 cm³/mol. The highest BCUT2D eigenvalue weighted by molar-refractivity contribution is 5.94. The molecule has 6 nitrogen and oxygen atoms in total. The standard InChI is InChI=1S/C14H18FN3O3/c15-11-5-10(6-16-7-11)14(19)17-12-8-21-9-13(12)18-1-3-20-4-2-18/h5-7,12-13H,1-4,8-9H2,(H,17,19)/t12-,13-/m0/s1. The molecule has 0 radical (unpaired) electrons. The molecule has 21 heavy (non-hydrogen) atoms. The fraction of sp³-hybridized carbons (Fsp3) is 0.571. The van der Waals surface area contributed by atoms with E-state index in [-0.39, 0.29) is 23.6 Å². The summed E-state index contributed by atoms with van der Waals surface area (Å²) in [5.74, 6) is -0.842. The van der Waals surface area contributed by atoms with Crippen LogP contribution in [0.2, 0.25) is 0 Å². The third kappa shape index (κ3) is 3.37. The molecule has 114 valence electrons. The van der Waals surface area contributed by atoms with Crippen molar-refractivity contribution in [1.82, 2.24) is 15.2 Å². The van der Waals surface area contributed by atoms with Gasteiger partial charge in [-0.2, -0.15) is 0 Å². The van der Waals surface area contributed by atoms with Gasteiger partial charge in [0, 0.05) is 19.3 Å². The van der Waals surface area contributed by atoms with Crippen LogP contribution < -0.4 is 5.32 Å². The lowest BCUT2D eigenvalue weighted by molar-refractivity contribution is 0.0108. The van der Waals surface area contributed by atoms with Gasteiger partial charge in [0.25, 0.3) is 5.91 Å². The minimum absolute atomic E-state index is 0.0983. The summed E-state index contributed by atoms with van der Waals surface area (Å²) in [5.41, 5.74) is 0.225. The molecular formula is C14H18FN3O3. The molecule has 0 saturated carbocycles. The molecule has 1 aromatic rings. The van der Waals surface area contributed by atoms with Gasteiger partial charge < -0.3 is 14.8 Å². The first-order valence-corrected chi connectivity index (χ1v) is 7.05. The van der Waals surface area contributed by atoms with Gasteiger partial charge in [0.15, 0.2) is 0 Å². The molecule has 7 heteroatoms. The summed E-state index contributed by atoms with van der Waals surface area (Å²) in [7, 11) is 0. The second kappa shape index (κ2) is 6.46. The number of carbonyl (C=O) groups is 1. The molecule has 0 aliphatic carbocycles. The number of halogens is 1. The van der Waals surface area contributed by atoms with Crippen molar-refractivity contribution in [3.05, 3.63) is 29.8 Å². The highest BCUT2D eigenvalue weighted by Crippen LogP contribution is 2.15. The van der Waals surface area contributed by atoms with E-state index in [0.717, 1.165) is 19.3 Å². The monoisotopic (exact) mass is 295 g/mol. The van der Waals surface area contributed by atoms with Gasteiger partial charge in [-0.3, -0.25) is 14.7 Å². The molecule has 1 amide bonds. The third-order valence-corrected chi connectivity index (χ3v) is 3.85. The van der Waals surface area contributed by atoms with Crippen LogP contribution in [0.15, 0.2) is 18.5 Å². The fourth-order valence-electron chi connectivity index (χ4n) is 2.74. The first-order valence-electron chi connectivity index (χ1n) is 7.05. The Hall–Kier alpha value is -1.57. The number of hydrogen-bond acceptors (Lipinski definition) is 5. The van der Waals surface area contributed by atoms with Crippen molar-refractivity contribution < 1.29 is 18.7 Å². The summed E-state index contributed by atoms with van der Waals surface area (Å²) in [6, 6.07) is 1.22. The summed E-state index contributed by atoms with van der Waals surface area (Å²) in [6.07, 6.45) is 2.43. The van der Waals surface area contributed by atoms with Crippen LogP contribution in [0.4, 0.5) is 4.39 Å². The van der Waals surface area contributed by atoms with Gasteiger partial charge in [-0.1, -0.05) is 0 Å². The molecule has 1 aromatic heterocycles. The number of amides is 1. The molecule has 2 saturated heterocycles. The Balaban J connectivity index is 1.64. The van der Waals surface area contributed by atoms with Crippen molar-refractivity contribution >= 4 is 5.91 Å². The summed E-state index contributed by atoms with van der Waals surface area (Å²) in [5, 5.41) is 2.92. The van der Waals surface area contributed by atoms with E-state index in [1.807, 2.05) is 0 Å². The van der Waals surface area contributed by atoms with E-state index in [9.17, 15) is 9.18 Å². The van der Waals surface area contributed by atoms with Crippen LogP contribution in [-0.4, -0.2) is 67.4 Å². The van der Waals surface area contributed by atoms with Gasteiger partial charge in [0.05, 0.1) is 50.3 Å². The van der Waals surface area contributed by atoms with Gasteiger partial charge >= 0.3 is 0 Å². The van der Waals surface area contributed by atoms with Crippen molar-refractivity contribution in [2.75, 3.05) is 39.5 Å². The molecule has 0 unspecified atom stereocenters. The molecule has 3 heterocycles. The average molecular weight is 295 g/mol. The maximum Gasteiger partial charge on any atom is 0.253 e. The Kier molecular flexibility index (Phi) is 4.42. The van der Waals surface area contributed by atoms with Crippen LogP contribution in [0.25, 0.3) is 0 Å². The predicted octanol–water partition coefficient (Wildman–Crippen LogP) is 0.0501. The van der Waals surface area contributed by atoms with Crippen molar-refractivity contribution in [2.45, 2.75) is 12.1 Å². The van der Waals surface area contributed by atoms with Gasteiger partial charge in [-0.25, -0.2) is 4.39 Å². The number of ether oxygens (including phenoxy) is 2. The number of hydrogen-bond donors (Lipinski definition) is 1. The maximum absolute atomic E-state index is 13.1. The van der Waals surface area contributed by atoms with Crippen molar-refractivity contribution in [3.8, 4) is 0 Å². The summed E-state index contributed by atoms with van der Waals surface area (Å²) >= 11 is 0. The van der Waals surface area contributed by atoms with Gasteiger partial charge in [0.1, 0.15) is 5.82 Å². The molecule has 2 aliphatic heterocycles. The Morgan fingerprint density at radius 2 is 2.10 bits per heavy atom. The first kappa shape index (κ1) is 14.4. The van der Waals surface area contributed by atoms with Crippen LogP contribution in [0.3, 0.4) is 0 Å². The molecule has 2 fully saturated rings. The molecule has 3 rings (SSSR count). The summed E-state index contributed by atoms with van der Waals surface area (Å²) in [4.78, 5) is 18.1. The molecule has 2 atom stereocenters. The summed E-state index contributed by atoms with van der Waals surface area (Å²) < 4.78 is 24.0. The van der Waals surface area contributed by atoms with Gasteiger partial charge in [0.2, 0.25) is 0 Å². The van der Waals surface area contributed by atoms with E-state index in [0.29, 0.717) is 26.4 Å². The quantitative estimate of drug-likeness (QED) is 0.854. The van der Waals surface area contributed by atoms with E-state index in [4.69, 9.17) is 9.47 Å². The van der Waals surface area contributed by atoms with Crippen molar-refractivity contribution in [3.63, 3.8) is 0 Å². The molecule has 0 aromatic carbocycles. The van der Waals surface area contributed by atoms with Crippen LogP contribution in [0, 0.1) is 5.82 Å². The number of pyridine rings is 1. The van der Waals surface area contributed by atoms with Crippen molar-refractivity contribution in [1.29, 1.82) is 0 Å². The fourth-order valence-corrected chi connectivity index (χ4v) is 2.74. The number of morpholine rings is 1. The maximum atomic E-state index is 13.1. The van der Waals surface area contributed by atoms with E-state index in [1.54, 1.807) is 0 Å². The Labute approximate surface area is 122 Å². The molecule has 0 bridgehead atoms. The van der Waals surface area contributed by atoms with E-state index in [2.05, 4.69) is 15.2 Å². The normalized spacial score (nSPS) is 26.7. The molecular weight excluding hydrogens is 277 g/mol. The first-order chi connectivity index (χ1) is 10.2. The van der Waals surface area contributed by atoms with Gasteiger partial charge in [-0.05, 0) is 6.07 Å². The zero-order valence-electron chi connectivity index (χ0n) is 11.6. The number of carbonyl (C=O) groups excluding carboxylic acids is 1. The molecule has 1 N–H and O–H groups in total. The number of nitrogens with zero attached hydrogens (tertiary/aromatic N) is 2. The minimum Gasteiger partial charge on any atom is -0.379 e. The highest BCUT2D eigenvalue weighted by Gasteiger charge is 2.35. The Bertz CT molecular complexity index is 508. The SMILES string of the molecule is O=C(N[C@H]1COC[C@@H]1N1CCOCC1)c1cncc(F)c1. The summed E-state index contributed by atoms with van der Waals surface area (Å²) in [6.45, 7) is 4.13. The smallest absolute Gasteiger partial charge is 0.253 e. The van der Waals surface area contributed by atoms with Gasteiger partial charge in [-0.15, -0.1) is 0 Å². The number of rotatable bonds is 3. The second-order valence-corrected chi connectivity index (χ2v) is 5.22. The topological polar surface area (TPSA) is 63.7 Å². The molecule has 2 aliphatic rings. The largest absolute Gasteiger partial charge is 0.379 e. The lowest BCUT2D eigenvalue weighted by Gasteiger charge is -2.34. The Morgan fingerprint density at radius 1 is 1.29 bits per heavy atom. The highest BCUT2D eigenvalue weighted by atomic mass is 19.1. The van der Waals surface area contributed by atoms with Crippen LogP contribution >= 0.6 is 0 Å². The lowest BCUT2D eigenvalue weighted by Crippen LogP contribution is -2.54. The van der Waals surface area contributed by atoms with E-state index < -0.39 is 5.82 Å². The zero-order valence-corrected chi connectivity index (χ0v) is 11.6.